The molecule has 0 N–H and O–H groups in total. The minimum absolute atomic E-state index is 0.0907. The third-order valence-electron chi connectivity index (χ3n) is 3.59. The van der Waals surface area contributed by atoms with Gasteiger partial charge in [-0.05, 0) is 39.4 Å². The molecule has 0 aromatic carbocycles. The molecule has 18 heavy (non-hydrogen) atoms. The number of hydrogen-bond acceptors (Lipinski definition) is 4. The van der Waals surface area contributed by atoms with Gasteiger partial charge in [-0.15, -0.1) is 0 Å². The zero-order valence-corrected chi connectivity index (χ0v) is 12.2. The first-order chi connectivity index (χ1) is 8.67. The third kappa shape index (κ3) is 5.36. The van der Waals surface area contributed by atoms with E-state index in [9.17, 15) is 4.79 Å². The molecule has 0 aromatic heterocycles. The molecule has 1 fully saturated rings. The van der Waals surface area contributed by atoms with Gasteiger partial charge in [0.25, 0.3) is 0 Å². The average molecular weight is 256 g/mol. The van der Waals surface area contributed by atoms with Crippen LogP contribution in [-0.4, -0.2) is 61.6 Å². The fourth-order valence-corrected chi connectivity index (χ4v) is 2.54. The van der Waals surface area contributed by atoms with E-state index in [0.717, 1.165) is 25.9 Å². The Hall–Kier alpha value is -0.610. The zero-order valence-electron chi connectivity index (χ0n) is 12.2. The molecule has 1 saturated heterocycles. The lowest BCUT2D eigenvalue weighted by molar-refractivity contribution is -0.144. The SMILES string of the molecule is CCCCOC(=O)CN(C)CC1CCCN1CC. The van der Waals surface area contributed by atoms with Gasteiger partial charge >= 0.3 is 5.97 Å². The molecule has 1 aliphatic heterocycles. The van der Waals surface area contributed by atoms with Crippen molar-refractivity contribution in [1.29, 1.82) is 0 Å². The number of unbranched alkanes of at least 4 members (excludes halogenated alkanes) is 1. The van der Waals surface area contributed by atoms with Crippen LogP contribution in [0.1, 0.15) is 39.5 Å². The van der Waals surface area contributed by atoms with Crippen LogP contribution in [0.15, 0.2) is 0 Å². The first-order valence-electron chi connectivity index (χ1n) is 7.25. The summed E-state index contributed by atoms with van der Waals surface area (Å²) in [7, 11) is 2.01. The Bertz CT molecular complexity index is 246. The standard InChI is InChI=1S/C14H28N2O2/c1-4-6-10-18-14(17)12-15(3)11-13-8-7-9-16(13)5-2/h13H,4-12H2,1-3H3. The molecule has 106 valence electrons. The Kier molecular flexibility index (Phi) is 7.28. The summed E-state index contributed by atoms with van der Waals surface area (Å²) in [6, 6.07) is 0.614. The number of carbonyl (C=O) groups is 1. The van der Waals surface area contributed by atoms with Crippen LogP contribution < -0.4 is 0 Å². The van der Waals surface area contributed by atoms with Gasteiger partial charge in [0.1, 0.15) is 0 Å². The molecule has 1 rings (SSSR count). The van der Waals surface area contributed by atoms with E-state index in [1.54, 1.807) is 0 Å². The highest BCUT2D eigenvalue weighted by Gasteiger charge is 2.24. The maximum absolute atomic E-state index is 11.6. The lowest BCUT2D eigenvalue weighted by atomic mass is 10.2. The molecule has 4 nitrogen and oxygen atoms in total. The van der Waals surface area contributed by atoms with Gasteiger partial charge in [0, 0.05) is 12.6 Å². The predicted octanol–water partition coefficient (Wildman–Crippen LogP) is 1.75. The Labute approximate surface area is 111 Å². The highest BCUT2D eigenvalue weighted by Crippen LogP contribution is 2.17. The molecular weight excluding hydrogens is 228 g/mol. The number of hydrogen-bond donors (Lipinski definition) is 0. The van der Waals surface area contributed by atoms with Gasteiger partial charge < -0.3 is 4.74 Å². The van der Waals surface area contributed by atoms with Crippen LogP contribution in [0, 0.1) is 0 Å². The monoisotopic (exact) mass is 256 g/mol. The van der Waals surface area contributed by atoms with Crippen molar-refractivity contribution >= 4 is 5.97 Å². The number of esters is 1. The van der Waals surface area contributed by atoms with Crippen molar-refractivity contribution in [2.75, 3.05) is 39.8 Å². The van der Waals surface area contributed by atoms with Crippen LogP contribution in [-0.2, 0) is 9.53 Å². The molecule has 0 bridgehead atoms. The van der Waals surface area contributed by atoms with E-state index >= 15 is 0 Å². The number of carbonyl (C=O) groups excluding carboxylic acids is 1. The number of nitrogens with zero attached hydrogens (tertiary/aromatic N) is 2. The van der Waals surface area contributed by atoms with E-state index in [4.69, 9.17) is 4.74 Å². The van der Waals surface area contributed by atoms with Crippen LogP contribution in [0.25, 0.3) is 0 Å². The van der Waals surface area contributed by atoms with Crippen molar-refractivity contribution in [1.82, 2.24) is 9.80 Å². The maximum Gasteiger partial charge on any atom is 0.320 e. The Morgan fingerprint density at radius 1 is 1.44 bits per heavy atom. The molecule has 4 heteroatoms. The van der Waals surface area contributed by atoms with Gasteiger partial charge in [0.2, 0.25) is 0 Å². The molecule has 0 aromatic rings. The fourth-order valence-electron chi connectivity index (χ4n) is 2.54. The van der Waals surface area contributed by atoms with Crippen LogP contribution in [0.4, 0.5) is 0 Å². The van der Waals surface area contributed by atoms with Crippen LogP contribution >= 0.6 is 0 Å². The normalized spacial score (nSPS) is 20.6. The molecule has 1 atom stereocenters. The van der Waals surface area contributed by atoms with Crippen molar-refractivity contribution in [2.24, 2.45) is 0 Å². The lowest BCUT2D eigenvalue weighted by Gasteiger charge is -2.27. The third-order valence-corrected chi connectivity index (χ3v) is 3.59. The van der Waals surface area contributed by atoms with E-state index < -0.39 is 0 Å². The van der Waals surface area contributed by atoms with E-state index in [2.05, 4.69) is 23.6 Å². The second-order valence-electron chi connectivity index (χ2n) is 5.20. The van der Waals surface area contributed by atoms with Crippen molar-refractivity contribution in [3.63, 3.8) is 0 Å². The summed E-state index contributed by atoms with van der Waals surface area (Å²) in [6.07, 6.45) is 4.56. The summed E-state index contributed by atoms with van der Waals surface area (Å²) in [4.78, 5) is 16.2. The number of likely N-dealkylation sites (N-methyl/N-ethyl adjacent to an activating group) is 2. The van der Waals surface area contributed by atoms with Crippen molar-refractivity contribution in [3.8, 4) is 0 Å². The van der Waals surface area contributed by atoms with Gasteiger partial charge in [-0.25, -0.2) is 0 Å². The van der Waals surface area contributed by atoms with Crippen LogP contribution in [0.3, 0.4) is 0 Å². The molecule has 1 unspecified atom stereocenters. The Balaban J connectivity index is 2.19. The Morgan fingerprint density at radius 3 is 2.89 bits per heavy atom. The molecule has 0 aliphatic carbocycles. The minimum atomic E-state index is -0.0907. The molecule has 0 spiro atoms. The molecule has 0 amide bonds. The predicted molar refractivity (Wildman–Crippen MR) is 73.6 cm³/mol. The summed E-state index contributed by atoms with van der Waals surface area (Å²) in [5.74, 6) is -0.0907. The average Bonchev–Trinajstić information content (AvgIpc) is 2.76. The highest BCUT2D eigenvalue weighted by molar-refractivity contribution is 5.71. The van der Waals surface area contributed by atoms with Gasteiger partial charge in [0.05, 0.1) is 13.2 Å². The summed E-state index contributed by atoms with van der Waals surface area (Å²) in [5, 5.41) is 0. The quantitative estimate of drug-likeness (QED) is 0.489. The van der Waals surface area contributed by atoms with E-state index in [1.807, 2.05) is 7.05 Å². The second kappa shape index (κ2) is 8.48. The summed E-state index contributed by atoms with van der Waals surface area (Å²) in [6.45, 7) is 8.56. The number of ether oxygens (including phenoxy) is 1. The molecule has 0 saturated carbocycles. The van der Waals surface area contributed by atoms with Gasteiger partial charge in [-0.1, -0.05) is 20.3 Å². The van der Waals surface area contributed by atoms with E-state index in [0.29, 0.717) is 19.2 Å². The molecular formula is C14H28N2O2. The lowest BCUT2D eigenvalue weighted by Crippen LogP contribution is -2.40. The largest absolute Gasteiger partial charge is 0.465 e. The molecule has 0 radical (unpaired) electrons. The van der Waals surface area contributed by atoms with Crippen LogP contribution in [0.5, 0.6) is 0 Å². The fraction of sp³-hybridized carbons (Fsp3) is 0.929. The van der Waals surface area contributed by atoms with Gasteiger partial charge in [0.15, 0.2) is 0 Å². The second-order valence-corrected chi connectivity index (χ2v) is 5.20. The number of likely N-dealkylation sites (tertiary alicyclic amines) is 1. The molecule has 1 heterocycles. The first-order valence-corrected chi connectivity index (χ1v) is 7.25. The minimum Gasteiger partial charge on any atom is -0.465 e. The summed E-state index contributed by atoms with van der Waals surface area (Å²) in [5.41, 5.74) is 0. The summed E-state index contributed by atoms with van der Waals surface area (Å²) < 4.78 is 5.18. The van der Waals surface area contributed by atoms with Gasteiger partial charge in [-0.2, -0.15) is 0 Å². The smallest absolute Gasteiger partial charge is 0.320 e. The van der Waals surface area contributed by atoms with E-state index in [1.165, 1.54) is 19.4 Å². The van der Waals surface area contributed by atoms with E-state index in [-0.39, 0.29) is 5.97 Å². The van der Waals surface area contributed by atoms with Crippen LogP contribution in [0.2, 0.25) is 0 Å². The number of rotatable bonds is 8. The first kappa shape index (κ1) is 15.4. The van der Waals surface area contributed by atoms with Crippen molar-refractivity contribution in [2.45, 2.75) is 45.6 Å². The van der Waals surface area contributed by atoms with Gasteiger partial charge in [-0.3, -0.25) is 14.6 Å². The van der Waals surface area contributed by atoms with Crippen molar-refractivity contribution in [3.05, 3.63) is 0 Å². The highest BCUT2D eigenvalue weighted by atomic mass is 16.5. The summed E-state index contributed by atoms with van der Waals surface area (Å²) >= 11 is 0. The topological polar surface area (TPSA) is 32.8 Å². The zero-order chi connectivity index (χ0) is 13.4. The van der Waals surface area contributed by atoms with Crippen molar-refractivity contribution < 1.29 is 9.53 Å². The molecule has 1 aliphatic rings. The maximum atomic E-state index is 11.6. The Morgan fingerprint density at radius 2 is 2.22 bits per heavy atom.